The topological polar surface area (TPSA) is 34.9 Å². The summed E-state index contributed by atoms with van der Waals surface area (Å²) in [5.41, 5.74) is 2.79. The fourth-order valence-corrected chi connectivity index (χ4v) is 2.32. The van der Waals surface area contributed by atoms with Gasteiger partial charge in [0.25, 0.3) is 0 Å². The molecule has 0 saturated carbocycles. The first-order chi connectivity index (χ1) is 9.28. The highest BCUT2D eigenvalue weighted by atomic mass is 35.5. The third-order valence-electron chi connectivity index (χ3n) is 3.13. The van der Waals surface area contributed by atoms with Crippen LogP contribution in [0.4, 0.5) is 0 Å². The molecule has 94 valence electrons. The van der Waals surface area contributed by atoms with E-state index in [0.717, 1.165) is 22.8 Å². The van der Waals surface area contributed by atoms with Gasteiger partial charge in [-0.2, -0.15) is 0 Å². The Morgan fingerprint density at radius 3 is 2.95 bits per heavy atom. The molecule has 0 radical (unpaired) electrons. The van der Waals surface area contributed by atoms with E-state index < -0.39 is 0 Å². The van der Waals surface area contributed by atoms with Gasteiger partial charge in [-0.1, -0.05) is 11.6 Å². The summed E-state index contributed by atoms with van der Waals surface area (Å²) in [4.78, 5) is 14.7. The Morgan fingerprint density at radius 1 is 1.26 bits per heavy atom. The molecule has 2 aromatic heterocycles. The molecule has 0 unspecified atom stereocenters. The van der Waals surface area contributed by atoms with Gasteiger partial charge in [-0.3, -0.25) is 9.78 Å². The van der Waals surface area contributed by atoms with Crippen LogP contribution < -0.4 is 0 Å². The summed E-state index contributed by atoms with van der Waals surface area (Å²) in [5, 5.41) is 1.71. The summed E-state index contributed by atoms with van der Waals surface area (Å²) in [6.45, 7) is 0.686. The van der Waals surface area contributed by atoms with Gasteiger partial charge in [-0.15, -0.1) is 0 Å². The van der Waals surface area contributed by atoms with Gasteiger partial charge in [0.05, 0.1) is 5.02 Å². The second kappa shape index (κ2) is 4.86. The largest absolute Gasteiger partial charge is 0.343 e. The number of benzene rings is 1. The summed E-state index contributed by atoms with van der Waals surface area (Å²) in [6, 6.07) is 9.56. The average Bonchev–Trinajstić information content (AvgIpc) is 2.83. The van der Waals surface area contributed by atoms with Gasteiger partial charge < -0.3 is 4.57 Å². The van der Waals surface area contributed by atoms with Gasteiger partial charge in [0.1, 0.15) is 6.29 Å². The molecule has 0 N–H and O–H groups in total. The van der Waals surface area contributed by atoms with E-state index in [-0.39, 0.29) is 0 Å². The number of aromatic nitrogens is 2. The van der Waals surface area contributed by atoms with E-state index >= 15 is 0 Å². The van der Waals surface area contributed by atoms with Crippen molar-refractivity contribution in [3.8, 4) is 0 Å². The second-order valence-electron chi connectivity index (χ2n) is 4.35. The maximum atomic E-state index is 10.8. The van der Waals surface area contributed by atoms with Crippen LogP contribution in [0.3, 0.4) is 0 Å². The number of halogens is 1. The Labute approximate surface area is 115 Å². The molecule has 0 atom stereocenters. The first-order valence-electron chi connectivity index (χ1n) is 5.90. The minimum Gasteiger partial charge on any atom is -0.343 e. The maximum absolute atomic E-state index is 10.8. The number of hydrogen-bond donors (Lipinski definition) is 0. The maximum Gasteiger partial charge on any atom is 0.150 e. The van der Waals surface area contributed by atoms with Crippen molar-refractivity contribution in [2.45, 2.75) is 6.54 Å². The van der Waals surface area contributed by atoms with Crippen molar-refractivity contribution in [3.05, 3.63) is 65.1 Å². The lowest BCUT2D eigenvalue weighted by Gasteiger charge is -2.07. The number of nitrogens with zero attached hydrogens (tertiary/aromatic N) is 2. The normalized spacial score (nSPS) is 10.8. The van der Waals surface area contributed by atoms with E-state index in [4.69, 9.17) is 11.6 Å². The predicted molar refractivity (Wildman–Crippen MR) is 75.7 cm³/mol. The van der Waals surface area contributed by atoms with Crippen LogP contribution in [0.5, 0.6) is 0 Å². The molecule has 4 heteroatoms. The number of aldehydes is 1. The van der Waals surface area contributed by atoms with Gasteiger partial charge in [-0.05, 0) is 35.9 Å². The van der Waals surface area contributed by atoms with E-state index in [1.165, 1.54) is 0 Å². The zero-order valence-corrected chi connectivity index (χ0v) is 10.8. The lowest BCUT2D eigenvalue weighted by Crippen LogP contribution is -1.98. The van der Waals surface area contributed by atoms with Crippen molar-refractivity contribution in [2.75, 3.05) is 0 Å². The molecule has 0 amide bonds. The van der Waals surface area contributed by atoms with Crippen LogP contribution >= 0.6 is 11.6 Å². The van der Waals surface area contributed by atoms with Crippen molar-refractivity contribution in [3.63, 3.8) is 0 Å². The fourth-order valence-electron chi connectivity index (χ4n) is 2.15. The van der Waals surface area contributed by atoms with E-state index in [0.29, 0.717) is 17.1 Å². The Bertz CT molecular complexity index is 749. The molecule has 3 nitrogen and oxygen atoms in total. The average molecular weight is 271 g/mol. The van der Waals surface area contributed by atoms with Crippen molar-refractivity contribution in [1.82, 2.24) is 9.55 Å². The second-order valence-corrected chi connectivity index (χ2v) is 4.75. The number of carbonyl (C=O) groups excluding carboxylic acids is 1. The third-order valence-corrected chi connectivity index (χ3v) is 3.47. The van der Waals surface area contributed by atoms with Crippen LogP contribution in [0.15, 0.2) is 48.9 Å². The van der Waals surface area contributed by atoms with Crippen LogP contribution in [-0.2, 0) is 6.54 Å². The molecular formula is C15H11ClN2O. The summed E-state index contributed by atoms with van der Waals surface area (Å²) < 4.78 is 2.10. The lowest BCUT2D eigenvalue weighted by molar-refractivity contribution is 0.112. The summed E-state index contributed by atoms with van der Waals surface area (Å²) in [7, 11) is 0. The van der Waals surface area contributed by atoms with Crippen LogP contribution in [-0.4, -0.2) is 15.8 Å². The number of fused-ring (bicyclic) bond motifs is 1. The summed E-state index contributed by atoms with van der Waals surface area (Å²) in [6.07, 6.45) is 6.23. The SMILES string of the molecule is O=Cc1ccc2c(ccn2Cc2ccncc2Cl)c1. The van der Waals surface area contributed by atoms with Gasteiger partial charge >= 0.3 is 0 Å². The molecule has 19 heavy (non-hydrogen) atoms. The highest BCUT2D eigenvalue weighted by molar-refractivity contribution is 6.31. The van der Waals surface area contributed by atoms with Crippen molar-refractivity contribution in [1.29, 1.82) is 0 Å². The van der Waals surface area contributed by atoms with Gasteiger partial charge in [-0.25, -0.2) is 0 Å². The first-order valence-corrected chi connectivity index (χ1v) is 6.28. The van der Waals surface area contributed by atoms with Crippen molar-refractivity contribution >= 4 is 28.8 Å². The van der Waals surface area contributed by atoms with Crippen LogP contribution in [0.1, 0.15) is 15.9 Å². The number of carbonyl (C=O) groups is 1. The molecular weight excluding hydrogens is 260 g/mol. The molecule has 0 aliphatic carbocycles. The third kappa shape index (κ3) is 2.25. The monoisotopic (exact) mass is 270 g/mol. The highest BCUT2D eigenvalue weighted by Crippen LogP contribution is 2.21. The Balaban J connectivity index is 2.02. The molecule has 0 aliphatic heterocycles. The van der Waals surface area contributed by atoms with Crippen LogP contribution in [0.25, 0.3) is 10.9 Å². The van der Waals surface area contributed by atoms with Crippen LogP contribution in [0.2, 0.25) is 5.02 Å². The van der Waals surface area contributed by atoms with E-state index in [9.17, 15) is 4.79 Å². The minimum absolute atomic E-state index is 0.661. The standard InChI is InChI=1S/C15H11ClN2O/c16-14-8-17-5-3-13(14)9-18-6-4-12-7-11(10-19)1-2-15(12)18/h1-8,10H,9H2. The van der Waals surface area contributed by atoms with Crippen LogP contribution in [0, 0.1) is 0 Å². The Kier molecular flexibility index (Phi) is 3.05. The predicted octanol–water partition coefficient (Wildman–Crippen LogP) is 3.55. The highest BCUT2D eigenvalue weighted by Gasteiger charge is 2.05. The van der Waals surface area contributed by atoms with Gasteiger partial charge in [0.15, 0.2) is 0 Å². The van der Waals surface area contributed by atoms with E-state index in [1.807, 2.05) is 36.5 Å². The minimum atomic E-state index is 0.661. The number of hydrogen-bond acceptors (Lipinski definition) is 2. The Morgan fingerprint density at radius 2 is 2.16 bits per heavy atom. The van der Waals surface area contributed by atoms with E-state index in [2.05, 4.69) is 9.55 Å². The molecule has 0 aliphatic rings. The van der Waals surface area contributed by atoms with Gasteiger partial charge in [0.2, 0.25) is 0 Å². The zero-order valence-electron chi connectivity index (χ0n) is 10.1. The molecule has 3 rings (SSSR count). The molecule has 3 aromatic rings. The number of rotatable bonds is 3. The molecule has 1 aromatic carbocycles. The lowest BCUT2D eigenvalue weighted by atomic mass is 10.2. The quantitative estimate of drug-likeness (QED) is 0.682. The summed E-state index contributed by atoms with van der Waals surface area (Å²) in [5.74, 6) is 0. The first kappa shape index (κ1) is 11.9. The van der Waals surface area contributed by atoms with Crippen molar-refractivity contribution in [2.24, 2.45) is 0 Å². The number of pyridine rings is 1. The van der Waals surface area contributed by atoms with Crippen molar-refractivity contribution < 1.29 is 4.79 Å². The smallest absolute Gasteiger partial charge is 0.150 e. The molecule has 0 bridgehead atoms. The zero-order chi connectivity index (χ0) is 13.2. The van der Waals surface area contributed by atoms with Gasteiger partial charge in [0, 0.05) is 41.6 Å². The summed E-state index contributed by atoms with van der Waals surface area (Å²) >= 11 is 6.12. The fraction of sp³-hybridized carbons (Fsp3) is 0.0667. The molecule has 2 heterocycles. The molecule has 0 fully saturated rings. The van der Waals surface area contributed by atoms with E-state index in [1.54, 1.807) is 12.4 Å². The molecule has 0 saturated heterocycles. The Hall–Kier alpha value is -2.13. The molecule has 0 spiro atoms.